The lowest BCUT2D eigenvalue weighted by Crippen LogP contribution is -2.53. The Morgan fingerprint density at radius 2 is 1.87 bits per heavy atom. The van der Waals surface area contributed by atoms with E-state index in [-0.39, 0.29) is 16.5 Å². The summed E-state index contributed by atoms with van der Waals surface area (Å²) in [5, 5.41) is 0.151. The van der Waals surface area contributed by atoms with Crippen LogP contribution in [0.1, 0.15) is 24.8 Å². The van der Waals surface area contributed by atoms with Gasteiger partial charge in [0.2, 0.25) is 10.0 Å². The van der Waals surface area contributed by atoms with Crippen LogP contribution < -0.4 is 4.72 Å². The summed E-state index contributed by atoms with van der Waals surface area (Å²) in [4.78, 5) is 2.73. The molecule has 1 aliphatic rings. The standard InChI is InChI=1S/C21H25ClN3O3S2/c1-23-21(29(26)24-15-7-11-18-9-3-2-4-10-18)14-8-16-25(17-21)30(27,28)20-13-6-5-12-19(20)22/h1-6,9-10,12-13,24H,7-8,11,14-17H2/q+1/t21-,29?/m1/s1. The molecule has 0 saturated carbocycles. The molecule has 30 heavy (non-hydrogen) atoms. The predicted octanol–water partition coefficient (Wildman–Crippen LogP) is 3.67. The molecule has 1 unspecified atom stereocenters. The summed E-state index contributed by atoms with van der Waals surface area (Å²) in [6, 6.07) is 16.3. The lowest BCUT2D eigenvalue weighted by atomic mass is 10.1. The van der Waals surface area contributed by atoms with Crippen molar-refractivity contribution in [2.45, 2.75) is 35.4 Å². The number of nitrogens with zero attached hydrogens (tertiary/aromatic N) is 2. The third-order valence-corrected chi connectivity index (χ3v) is 9.09. The van der Waals surface area contributed by atoms with Crippen molar-refractivity contribution >= 4 is 32.6 Å². The Hall–Kier alpha value is -1.76. The number of nitrogens with one attached hydrogen (secondary N) is 1. The molecule has 1 fully saturated rings. The van der Waals surface area contributed by atoms with Crippen molar-refractivity contribution in [3.05, 3.63) is 70.0 Å². The first kappa shape index (κ1) is 22.9. The Balaban J connectivity index is 1.66. The minimum Gasteiger partial charge on any atom is -0.234 e. The van der Waals surface area contributed by atoms with Gasteiger partial charge in [0.25, 0.3) is 6.57 Å². The second-order valence-electron chi connectivity index (χ2n) is 7.20. The van der Waals surface area contributed by atoms with Crippen LogP contribution in [0.4, 0.5) is 0 Å². The zero-order valence-electron chi connectivity index (χ0n) is 16.5. The number of sulfonamides is 1. The lowest BCUT2D eigenvalue weighted by molar-refractivity contribution is 0.314. The van der Waals surface area contributed by atoms with Crippen LogP contribution in [0.2, 0.25) is 5.02 Å². The molecule has 2 aromatic carbocycles. The third-order valence-electron chi connectivity index (χ3n) is 5.15. The van der Waals surface area contributed by atoms with Crippen LogP contribution in [0.3, 0.4) is 0 Å². The van der Waals surface area contributed by atoms with Crippen LogP contribution in [-0.4, -0.2) is 41.4 Å². The van der Waals surface area contributed by atoms with Gasteiger partial charge in [0.15, 0.2) is 11.0 Å². The predicted molar refractivity (Wildman–Crippen MR) is 121 cm³/mol. The number of halogens is 1. The zero-order chi connectivity index (χ0) is 21.6. The largest absolute Gasteiger partial charge is 0.379 e. The molecule has 1 aliphatic heterocycles. The maximum atomic E-state index is 13.1. The Kier molecular flexibility index (Phi) is 7.66. The van der Waals surface area contributed by atoms with E-state index in [1.54, 1.807) is 12.1 Å². The monoisotopic (exact) mass is 466 g/mol. The van der Waals surface area contributed by atoms with Crippen molar-refractivity contribution < 1.29 is 12.6 Å². The van der Waals surface area contributed by atoms with E-state index in [1.807, 2.05) is 30.3 Å². The van der Waals surface area contributed by atoms with Crippen LogP contribution in [0.15, 0.2) is 59.5 Å². The lowest BCUT2D eigenvalue weighted by Gasteiger charge is -2.31. The van der Waals surface area contributed by atoms with Gasteiger partial charge in [-0.15, -0.1) is 0 Å². The fourth-order valence-corrected chi connectivity index (χ4v) is 6.91. The normalized spacial score (nSPS) is 21.1. The van der Waals surface area contributed by atoms with E-state index in [4.69, 9.17) is 18.2 Å². The van der Waals surface area contributed by atoms with Gasteiger partial charge in [0.1, 0.15) is 11.4 Å². The number of aryl methyl sites for hydroxylation is 1. The number of rotatable bonds is 8. The highest BCUT2D eigenvalue weighted by molar-refractivity contribution is 7.89. The third kappa shape index (κ3) is 5.10. The average molecular weight is 467 g/mol. The molecule has 1 saturated heterocycles. The fourth-order valence-electron chi connectivity index (χ4n) is 3.50. The van der Waals surface area contributed by atoms with E-state index in [0.29, 0.717) is 25.9 Å². The van der Waals surface area contributed by atoms with Crippen molar-refractivity contribution in [2.75, 3.05) is 19.6 Å². The van der Waals surface area contributed by atoms with Gasteiger partial charge in [-0.2, -0.15) is 4.31 Å². The molecule has 1 heterocycles. The topological polar surface area (TPSA) is 70.8 Å². The second-order valence-corrected chi connectivity index (χ2v) is 11.1. The number of piperidine rings is 1. The van der Waals surface area contributed by atoms with Gasteiger partial charge in [-0.1, -0.05) is 58.9 Å². The molecule has 3 rings (SSSR count). The van der Waals surface area contributed by atoms with E-state index < -0.39 is 25.9 Å². The molecule has 0 radical (unpaired) electrons. The quantitative estimate of drug-likeness (QED) is 0.603. The van der Waals surface area contributed by atoms with Crippen LogP contribution in [-0.2, 0) is 27.4 Å². The molecule has 6 nitrogen and oxygen atoms in total. The molecule has 0 aliphatic carbocycles. The highest BCUT2D eigenvalue weighted by Gasteiger charge is 2.53. The highest BCUT2D eigenvalue weighted by Crippen LogP contribution is 2.33. The Morgan fingerprint density at radius 3 is 2.57 bits per heavy atom. The van der Waals surface area contributed by atoms with Crippen molar-refractivity contribution in [3.8, 4) is 6.57 Å². The first-order valence-corrected chi connectivity index (χ1v) is 12.7. The van der Waals surface area contributed by atoms with E-state index >= 15 is 0 Å². The zero-order valence-corrected chi connectivity index (χ0v) is 18.9. The maximum absolute atomic E-state index is 13.1. The van der Waals surface area contributed by atoms with Gasteiger partial charge < -0.3 is 0 Å². The molecule has 2 aromatic rings. The summed E-state index contributed by atoms with van der Waals surface area (Å²) in [6.07, 6.45) is 2.58. The van der Waals surface area contributed by atoms with Crippen LogP contribution >= 0.6 is 11.6 Å². The molecule has 1 N–H and O–H groups in total. The smallest absolute Gasteiger partial charge is 0.234 e. The van der Waals surface area contributed by atoms with E-state index in [0.717, 1.165) is 12.8 Å². The fraction of sp³-hybridized carbons (Fsp3) is 0.381. The van der Waals surface area contributed by atoms with Gasteiger partial charge in [-0.3, -0.25) is 0 Å². The number of hydrogen-bond acceptors (Lipinski definition) is 3. The second kappa shape index (κ2) is 10.0. The highest BCUT2D eigenvalue weighted by atomic mass is 35.5. The molecular formula is C21H25ClN3O3S2+. The molecule has 0 amide bonds. The van der Waals surface area contributed by atoms with Crippen LogP contribution in [0.5, 0.6) is 0 Å². The van der Waals surface area contributed by atoms with Gasteiger partial charge in [-0.25, -0.2) is 17.3 Å². The summed E-state index contributed by atoms with van der Waals surface area (Å²) >= 11 is 6.10. The van der Waals surface area contributed by atoms with Gasteiger partial charge in [0.05, 0.1) is 5.02 Å². The van der Waals surface area contributed by atoms with Gasteiger partial charge in [-0.05, 0) is 37.0 Å². The van der Waals surface area contributed by atoms with Crippen molar-refractivity contribution in [2.24, 2.45) is 0 Å². The maximum Gasteiger partial charge on any atom is 0.379 e. The Bertz CT molecular complexity index is 1040. The van der Waals surface area contributed by atoms with E-state index in [9.17, 15) is 12.6 Å². The van der Waals surface area contributed by atoms with Crippen molar-refractivity contribution in [1.29, 1.82) is 0 Å². The molecule has 9 heteroatoms. The first-order chi connectivity index (χ1) is 14.4. The Morgan fingerprint density at radius 1 is 1.17 bits per heavy atom. The minimum atomic E-state index is -3.84. The molecule has 0 aromatic heterocycles. The van der Waals surface area contributed by atoms with E-state index in [1.165, 1.54) is 22.0 Å². The average Bonchev–Trinajstić information content (AvgIpc) is 2.77. The summed E-state index contributed by atoms with van der Waals surface area (Å²) in [6.45, 7) is 6.40. The molecule has 0 bridgehead atoms. The molecule has 0 spiro atoms. The SMILES string of the molecule is C#[N+][C@@]1(S(=O)NCCCc2ccccc2)CCCN(S(=O)(=O)c2ccccc2Cl)C1. The summed E-state index contributed by atoms with van der Waals surface area (Å²) < 4.78 is 43.5. The molecular weight excluding hydrogens is 442 g/mol. The van der Waals surface area contributed by atoms with Crippen molar-refractivity contribution in [1.82, 2.24) is 9.03 Å². The summed E-state index contributed by atoms with van der Waals surface area (Å²) in [5.74, 6) is 0. The van der Waals surface area contributed by atoms with Gasteiger partial charge >= 0.3 is 4.87 Å². The van der Waals surface area contributed by atoms with E-state index in [2.05, 4.69) is 9.57 Å². The number of benzene rings is 2. The molecule has 160 valence electrons. The molecule has 2 atom stereocenters. The summed E-state index contributed by atoms with van der Waals surface area (Å²) in [7, 11) is -5.47. The van der Waals surface area contributed by atoms with Gasteiger partial charge in [0, 0.05) is 19.5 Å². The van der Waals surface area contributed by atoms with Crippen LogP contribution in [0, 0.1) is 6.57 Å². The Labute approximate surface area is 185 Å². The summed E-state index contributed by atoms with van der Waals surface area (Å²) in [5.41, 5.74) is 1.21. The van der Waals surface area contributed by atoms with Crippen LogP contribution in [0.25, 0.3) is 4.85 Å². The minimum absolute atomic E-state index is 0.0288. The van der Waals surface area contributed by atoms with Crippen molar-refractivity contribution in [3.63, 3.8) is 0 Å². The first-order valence-electron chi connectivity index (χ1n) is 9.75. The number of hydrogen-bond donors (Lipinski definition) is 1.